The number of rotatable bonds is 8. The summed E-state index contributed by atoms with van der Waals surface area (Å²) in [6, 6.07) is 30.4. The first-order valence-corrected chi connectivity index (χ1v) is 25.1. The first-order valence-electron chi connectivity index (χ1n) is 23.5. The van der Waals surface area contributed by atoms with Gasteiger partial charge in [0.15, 0.2) is 0 Å². The van der Waals surface area contributed by atoms with Crippen LogP contribution < -0.4 is 16.4 Å². The number of nitrogens with two attached hydrogens (primary N) is 1. The van der Waals surface area contributed by atoms with E-state index < -0.39 is 48.5 Å². The normalized spacial score (nSPS) is 10.7. The van der Waals surface area contributed by atoms with Crippen LogP contribution >= 0.6 is 44.3 Å². The van der Waals surface area contributed by atoms with E-state index in [0.29, 0.717) is 0 Å². The van der Waals surface area contributed by atoms with Gasteiger partial charge < -0.3 is 60.8 Å². The Morgan fingerprint density at radius 3 is 1.18 bits per heavy atom. The summed E-state index contributed by atoms with van der Waals surface area (Å²) < 4.78 is 12.7. The van der Waals surface area contributed by atoms with Gasteiger partial charge in [-0.1, -0.05) is 80.4 Å². The molecule has 0 fully saturated rings. The van der Waals surface area contributed by atoms with Crippen molar-refractivity contribution in [2.45, 2.75) is 132 Å². The molecule has 0 unspecified atom stereocenters. The van der Waals surface area contributed by atoms with Crippen molar-refractivity contribution in [1.82, 2.24) is 25.6 Å². The number of nitrogens with zero attached hydrogens (tertiary/aromatic N) is 3. The van der Waals surface area contributed by atoms with Crippen molar-refractivity contribution >= 4 is 70.5 Å². The first kappa shape index (κ1) is 76.7. The summed E-state index contributed by atoms with van der Waals surface area (Å²) in [7, 11) is -4.07. The zero-order valence-corrected chi connectivity index (χ0v) is 53.1. The Morgan fingerprint density at radius 2 is 0.870 bits per heavy atom. The summed E-state index contributed by atoms with van der Waals surface area (Å²) in [5.74, 6) is 0. The Morgan fingerprint density at radius 1 is 0.532 bits per heavy atom. The van der Waals surface area contributed by atoms with Crippen LogP contribution in [-0.2, 0) is 46.5 Å². The third-order valence-electron chi connectivity index (χ3n) is 10.2. The van der Waals surface area contributed by atoms with Gasteiger partial charge in [-0.05, 0) is 202 Å². The molecule has 20 heteroatoms. The van der Waals surface area contributed by atoms with E-state index in [-0.39, 0.29) is 53.2 Å². The SMILES string of the molecule is CC(C)(C)OC(=O)NC(C)(C)c1cccc(Br)c1.Cc1cnccc1-c1cccc(C(C)(C)N)c1.Cc1cnccc1-c1cccc(C(C)(C)NC(=O)OC(C)(C)C)c1.Cc1cnccc1Br.Cl.OB(O)B(O)O.[CH3-].[CH3-].[Pd+2]. The minimum Gasteiger partial charge on any atom is -0.444 e. The van der Waals surface area contributed by atoms with Gasteiger partial charge in [-0.25, -0.2) is 9.59 Å². The molecular weight excluding hydrogens is 1220 g/mol. The largest absolute Gasteiger partial charge is 2.00 e. The van der Waals surface area contributed by atoms with E-state index in [1.165, 1.54) is 22.3 Å². The van der Waals surface area contributed by atoms with Crippen LogP contribution in [0.15, 0.2) is 137 Å². The number of ether oxygens (including phenoxy) is 2. The minimum absolute atomic E-state index is 0. The van der Waals surface area contributed by atoms with Crippen LogP contribution in [-0.4, -0.2) is 72.5 Å². The van der Waals surface area contributed by atoms with Crippen molar-refractivity contribution in [1.29, 1.82) is 0 Å². The second-order valence-corrected chi connectivity index (χ2v) is 22.5. The number of aromatic nitrogens is 3. The molecule has 0 aliphatic heterocycles. The maximum atomic E-state index is 12.1. The Labute approximate surface area is 497 Å². The third kappa shape index (κ3) is 29.3. The molecule has 3 heterocycles. The maximum absolute atomic E-state index is 12.1. The van der Waals surface area contributed by atoms with Crippen LogP contribution in [0.4, 0.5) is 9.59 Å². The number of carbonyl (C=O) groups is 2. The molecular formula is C57H81B2Br2ClN6O8Pd. The fraction of sp³-hybridized carbons (Fsp3) is 0.351. The van der Waals surface area contributed by atoms with Gasteiger partial charge in [0.2, 0.25) is 0 Å². The monoisotopic (exact) mass is 1300 g/mol. The summed E-state index contributed by atoms with van der Waals surface area (Å²) in [4.78, 5) is 36.1. The van der Waals surface area contributed by atoms with Crippen molar-refractivity contribution in [3.05, 3.63) is 185 Å². The van der Waals surface area contributed by atoms with Crippen LogP contribution in [0.25, 0.3) is 22.3 Å². The van der Waals surface area contributed by atoms with Gasteiger partial charge in [-0.15, -0.1) is 12.4 Å². The number of alkyl carbamates (subject to hydrolysis) is 2. The van der Waals surface area contributed by atoms with Gasteiger partial charge in [-0.3, -0.25) is 15.0 Å². The molecule has 0 saturated carbocycles. The molecule has 0 aliphatic rings. The molecule has 0 radical (unpaired) electrons. The number of amides is 2. The zero-order valence-electron chi connectivity index (χ0n) is 47.6. The predicted octanol–water partition coefficient (Wildman–Crippen LogP) is 12.8. The molecule has 77 heavy (non-hydrogen) atoms. The first-order chi connectivity index (χ1) is 33.6. The van der Waals surface area contributed by atoms with E-state index in [9.17, 15) is 9.59 Å². The number of aryl methyl sites for hydroxylation is 3. The summed E-state index contributed by atoms with van der Waals surface area (Å²) in [5, 5.41) is 36.6. The van der Waals surface area contributed by atoms with Crippen LogP contribution in [0.1, 0.15) is 116 Å². The quantitative estimate of drug-likeness (QED) is 0.0559. The smallest absolute Gasteiger partial charge is 0.444 e. The zero-order chi connectivity index (χ0) is 55.5. The molecule has 6 rings (SSSR count). The van der Waals surface area contributed by atoms with Gasteiger partial charge in [0.1, 0.15) is 11.2 Å². The van der Waals surface area contributed by atoms with E-state index >= 15 is 0 Å². The number of hydrogen-bond acceptors (Lipinski definition) is 12. The summed E-state index contributed by atoms with van der Waals surface area (Å²) >= 11 is 6.78. The number of benzene rings is 3. The van der Waals surface area contributed by atoms with Crippen LogP contribution in [0.3, 0.4) is 0 Å². The van der Waals surface area contributed by atoms with E-state index in [2.05, 4.69) is 101 Å². The fourth-order valence-corrected chi connectivity index (χ4v) is 6.97. The summed E-state index contributed by atoms with van der Waals surface area (Å²) in [5.41, 5.74) is 15.1. The van der Waals surface area contributed by atoms with Crippen LogP contribution in [0.5, 0.6) is 0 Å². The second kappa shape index (κ2) is 34.5. The van der Waals surface area contributed by atoms with E-state index in [1.54, 1.807) is 12.4 Å². The van der Waals surface area contributed by atoms with Gasteiger partial charge in [0.25, 0.3) is 0 Å². The molecule has 3 aromatic heterocycles. The molecule has 0 spiro atoms. The standard InChI is InChI=1S/C20H26N2O2.C15H18N2.C14H20BrNO2.C6H6BrN.2CH3.B2H4O4.ClH.Pd/c1-14-13-21-11-10-17(14)15-8-7-9-16(12-15)20(5,6)22-18(23)24-19(2,3)4;1-11-10-17-8-7-14(11)12-5-4-6-13(9-12)15(2,3)16;1-13(2,3)18-12(17)16-14(4,5)10-7-6-8-11(15)9-10;1-5-4-8-3-2-6(5)7;;;3-1(4)2(5)6;;/h7-13H,1-6H3,(H,22,23);4-10H,16H2,1-3H3;6-9H,1-5H3,(H,16,17);2-4H,1H3;2*1H3;3-6H;1H;/q;;;;2*-1;;;+2. The van der Waals surface area contributed by atoms with Crippen LogP contribution in [0.2, 0.25) is 0 Å². The molecule has 0 bridgehead atoms. The van der Waals surface area contributed by atoms with Gasteiger partial charge >= 0.3 is 46.6 Å². The molecule has 6 aromatic rings. The predicted molar refractivity (Wildman–Crippen MR) is 322 cm³/mol. The average molecular weight is 1300 g/mol. The van der Waals surface area contributed by atoms with Crippen molar-refractivity contribution in [2.75, 3.05) is 0 Å². The van der Waals surface area contributed by atoms with Crippen molar-refractivity contribution in [3.63, 3.8) is 0 Å². The molecule has 0 saturated heterocycles. The van der Waals surface area contributed by atoms with E-state index in [0.717, 1.165) is 42.3 Å². The number of carbonyl (C=O) groups excluding carboxylic acids is 2. The van der Waals surface area contributed by atoms with Crippen molar-refractivity contribution in [3.8, 4) is 22.3 Å². The average Bonchev–Trinajstić information content (AvgIpc) is 3.27. The number of hydrogen-bond donors (Lipinski definition) is 7. The van der Waals surface area contributed by atoms with Gasteiger partial charge in [0.05, 0.1) is 11.1 Å². The Hall–Kier alpha value is -4.51. The molecule has 14 nitrogen and oxygen atoms in total. The van der Waals surface area contributed by atoms with E-state index in [4.69, 9.17) is 35.3 Å². The number of nitrogens with one attached hydrogen (secondary N) is 2. The fourth-order valence-electron chi connectivity index (χ4n) is 6.35. The second-order valence-electron chi connectivity index (χ2n) is 20.7. The molecule has 424 valence electrons. The van der Waals surface area contributed by atoms with Crippen molar-refractivity contribution < 1.29 is 59.6 Å². The molecule has 3 aromatic carbocycles. The number of pyridine rings is 3. The summed E-state index contributed by atoms with van der Waals surface area (Å²) in [6.45, 7) is 29.1. The Bertz CT molecular complexity index is 2680. The van der Waals surface area contributed by atoms with E-state index in [1.807, 2.05) is 176 Å². The molecule has 8 N–H and O–H groups in total. The maximum Gasteiger partial charge on any atom is 2.00 e. The Kier molecular flexibility index (Phi) is 34.4. The Balaban J connectivity index is -0.000000935. The molecule has 0 atom stereocenters. The minimum atomic E-state index is -2.04. The van der Waals surface area contributed by atoms with Crippen molar-refractivity contribution in [2.24, 2.45) is 5.73 Å². The van der Waals surface area contributed by atoms with Crippen LogP contribution in [0, 0.1) is 35.6 Å². The van der Waals surface area contributed by atoms with Gasteiger partial charge in [-0.2, -0.15) is 0 Å². The topological polar surface area (TPSA) is 222 Å². The molecule has 2 amide bonds. The number of halogens is 3. The third-order valence-corrected chi connectivity index (χ3v) is 11.6. The summed E-state index contributed by atoms with van der Waals surface area (Å²) in [6.07, 6.45) is 10.1. The molecule has 0 aliphatic carbocycles. The van der Waals surface area contributed by atoms with Gasteiger partial charge in [0, 0.05) is 51.7 Å².